The molecule has 182 valence electrons. The Morgan fingerprint density at radius 1 is 0.526 bits per heavy atom. The summed E-state index contributed by atoms with van der Waals surface area (Å²) in [7, 11) is 0. The standard InChI is InChI=1S/C32H23N5O/c33-21-3-13-30(14-4-21)38-29-11-1-20(2-12-29)31-18-28-17-26-8-7-24(35-26)15-22-5-6-23(34-22)16-25-9-10-27(36-25)19-32(31)37-28/h1-19,34,37H,33H2. The Kier molecular flexibility index (Phi) is 5.15. The highest BCUT2D eigenvalue weighted by Crippen LogP contribution is 2.30. The van der Waals surface area contributed by atoms with Gasteiger partial charge in [-0.2, -0.15) is 0 Å². The smallest absolute Gasteiger partial charge is 0.127 e. The normalized spacial score (nSPS) is 12.1. The number of rotatable bonds is 3. The second kappa shape index (κ2) is 8.94. The summed E-state index contributed by atoms with van der Waals surface area (Å²) in [5.74, 6) is 1.50. The van der Waals surface area contributed by atoms with E-state index in [9.17, 15) is 0 Å². The minimum absolute atomic E-state index is 0.707. The van der Waals surface area contributed by atoms with E-state index in [1.54, 1.807) is 0 Å². The second-order valence-corrected chi connectivity index (χ2v) is 9.28. The van der Waals surface area contributed by atoms with Crippen LogP contribution in [-0.2, 0) is 0 Å². The van der Waals surface area contributed by atoms with Crippen molar-refractivity contribution in [2.75, 3.05) is 5.73 Å². The molecule has 3 aromatic heterocycles. The Balaban J connectivity index is 1.35. The Hall–Kier alpha value is -5.36. The van der Waals surface area contributed by atoms with Crippen molar-refractivity contribution in [1.82, 2.24) is 19.9 Å². The van der Waals surface area contributed by atoms with Gasteiger partial charge in [0.1, 0.15) is 11.5 Å². The average Bonchev–Trinajstić information content (AvgIpc) is 3.72. The van der Waals surface area contributed by atoms with Gasteiger partial charge in [-0.25, -0.2) is 9.97 Å². The van der Waals surface area contributed by atoms with Crippen LogP contribution in [0.3, 0.4) is 0 Å². The van der Waals surface area contributed by atoms with Crippen LogP contribution in [0.2, 0.25) is 0 Å². The van der Waals surface area contributed by atoms with Crippen molar-refractivity contribution in [3.8, 4) is 22.6 Å². The van der Waals surface area contributed by atoms with E-state index in [1.807, 2.05) is 85.0 Å². The topological polar surface area (TPSA) is 92.6 Å². The van der Waals surface area contributed by atoms with E-state index < -0.39 is 0 Å². The fourth-order valence-corrected chi connectivity index (χ4v) is 4.63. The van der Waals surface area contributed by atoms with E-state index in [1.165, 1.54) is 0 Å². The summed E-state index contributed by atoms with van der Waals surface area (Å²) in [5, 5.41) is 0. The first-order valence-electron chi connectivity index (χ1n) is 12.4. The summed E-state index contributed by atoms with van der Waals surface area (Å²) < 4.78 is 5.98. The molecule has 5 aromatic rings. The van der Waals surface area contributed by atoms with Crippen LogP contribution in [0.5, 0.6) is 11.5 Å². The second-order valence-electron chi connectivity index (χ2n) is 9.28. The lowest BCUT2D eigenvalue weighted by atomic mass is 10.1. The van der Waals surface area contributed by atoms with Gasteiger partial charge < -0.3 is 20.4 Å². The van der Waals surface area contributed by atoms with Crippen molar-refractivity contribution in [3.63, 3.8) is 0 Å². The van der Waals surface area contributed by atoms with Crippen LogP contribution in [0.15, 0.2) is 91.0 Å². The Morgan fingerprint density at radius 2 is 1.05 bits per heavy atom. The maximum Gasteiger partial charge on any atom is 0.127 e. The maximum absolute atomic E-state index is 5.98. The zero-order valence-electron chi connectivity index (χ0n) is 20.3. The third kappa shape index (κ3) is 4.47. The molecule has 0 atom stereocenters. The van der Waals surface area contributed by atoms with Crippen LogP contribution < -0.4 is 10.5 Å². The maximum atomic E-state index is 5.98. The molecule has 0 spiro atoms. The van der Waals surface area contributed by atoms with Crippen molar-refractivity contribution >= 4 is 52.1 Å². The first kappa shape index (κ1) is 21.9. The van der Waals surface area contributed by atoms with Crippen LogP contribution in [-0.4, -0.2) is 19.9 Å². The molecule has 0 fully saturated rings. The Labute approximate surface area is 218 Å². The van der Waals surface area contributed by atoms with Crippen molar-refractivity contribution in [3.05, 3.63) is 114 Å². The molecule has 0 unspecified atom stereocenters. The number of nitrogens with one attached hydrogen (secondary N) is 2. The number of aromatic amines is 2. The molecule has 2 aliphatic heterocycles. The number of hydrogen-bond acceptors (Lipinski definition) is 4. The minimum atomic E-state index is 0.707. The third-order valence-corrected chi connectivity index (χ3v) is 6.45. The predicted octanol–water partition coefficient (Wildman–Crippen LogP) is 7.70. The summed E-state index contributed by atoms with van der Waals surface area (Å²) >= 11 is 0. The average molecular weight is 494 g/mol. The lowest BCUT2D eigenvalue weighted by Crippen LogP contribution is -1.86. The van der Waals surface area contributed by atoms with Crippen LogP contribution in [0.4, 0.5) is 5.69 Å². The quantitative estimate of drug-likeness (QED) is 0.220. The zero-order valence-corrected chi connectivity index (χ0v) is 20.3. The predicted molar refractivity (Wildman–Crippen MR) is 155 cm³/mol. The molecule has 6 nitrogen and oxygen atoms in total. The highest BCUT2D eigenvalue weighted by atomic mass is 16.5. The van der Waals surface area contributed by atoms with Crippen LogP contribution >= 0.6 is 0 Å². The highest BCUT2D eigenvalue weighted by molar-refractivity contribution is 5.88. The number of ether oxygens (including phenoxy) is 1. The Bertz CT molecular complexity index is 1890. The summed E-state index contributed by atoms with van der Waals surface area (Å²) in [5.41, 5.74) is 16.1. The molecule has 0 saturated carbocycles. The van der Waals surface area contributed by atoms with E-state index in [0.29, 0.717) is 5.69 Å². The number of anilines is 1. The number of nitrogens with two attached hydrogens (primary N) is 1. The lowest BCUT2D eigenvalue weighted by molar-refractivity contribution is 0.483. The number of aromatic nitrogens is 4. The molecular formula is C32H23N5O. The molecule has 0 saturated heterocycles. The molecule has 0 radical (unpaired) electrons. The zero-order chi connectivity index (χ0) is 25.5. The van der Waals surface area contributed by atoms with Gasteiger partial charge in [-0.3, -0.25) is 0 Å². The van der Waals surface area contributed by atoms with Gasteiger partial charge in [0.05, 0.1) is 22.8 Å². The molecule has 4 N–H and O–H groups in total. The molecule has 2 aromatic carbocycles. The molecule has 5 heterocycles. The van der Waals surface area contributed by atoms with Gasteiger partial charge in [0.2, 0.25) is 0 Å². The third-order valence-electron chi connectivity index (χ3n) is 6.45. The molecule has 6 heteroatoms. The largest absolute Gasteiger partial charge is 0.457 e. The fourth-order valence-electron chi connectivity index (χ4n) is 4.63. The summed E-state index contributed by atoms with van der Waals surface area (Å²) in [4.78, 5) is 16.5. The van der Waals surface area contributed by atoms with Gasteiger partial charge in [-0.1, -0.05) is 12.1 Å². The molecule has 0 aliphatic carbocycles. The van der Waals surface area contributed by atoms with Crippen molar-refractivity contribution in [2.45, 2.75) is 0 Å². The number of hydrogen-bond donors (Lipinski definition) is 3. The number of benzene rings is 2. The summed E-state index contributed by atoms with van der Waals surface area (Å²) in [6.45, 7) is 0. The van der Waals surface area contributed by atoms with Crippen molar-refractivity contribution in [2.24, 2.45) is 0 Å². The van der Waals surface area contributed by atoms with E-state index in [4.69, 9.17) is 20.4 Å². The molecule has 8 bridgehead atoms. The number of nitrogens with zero attached hydrogens (tertiary/aromatic N) is 2. The fraction of sp³-hybridized carbons (Fsp3) is 0. The van der Waals surface area contributed by atoms with Gasteiger partial charge in [0.15, 0.2) is 0 Å². The van der Waals surface area contributed by atoms with Crippen LogP contribution in [0.25, 0.3) is 57.5 Å². The molecular weight excluding hydrogens is 470 g/mol. The van der Waals surface area contributed by atoms with Crippen LogP contribution in [0.1, 0.15) is 22.8 Å². The van der Waals surface area contributed by atoms with E-state index >= 15 is 0 Å². The van der Waals surface area contributed by atoms with E-state index in [-0.39, 0.29) is 0 Å². The number of nitrogen functional groups attached to an aromatic ring is 1. The van der Waals surface area contributed by atoms with Gasteiger partial charge in [-0.15, -0.1) is 0 Å². The molecule has 38 heavy (non-hydrogen) atoms. The number of H-pyrrole nitrogens is 2. The Morgan fingerprint density at radius 3 is 1.66 bits per heavy atom. The van der Waals surface area contributed by atoms with Crippen molar-refractivity contribution in [1.29, 1.82) is 0 Å². The monoisotopic (exact) mass is 493 g/mol. The number of fused-ring (bicyclic) bond motifs is 8. The lowest BCUT2D eigenvalue weighted by Gasteiger charge is -2.07. The van der Waals surface area contributed by atoms with Gasteiger partial charge in [0, 0.05) is 33.3 Å². The van der Waals surface area contributed by atoms with Gasteiger partial charge in [-0.05, 0) is 109 Å². The molecule has 7 rings (SSSR count). The highest BCUT2D eigenvalue weighted by Gasteiger charge is 2.08. The van der Waals surface area contributed by atoms with Gasteiger partial charge >= 0.3 is 0 Å². The van der Waals surface area contributed by atoms with Crippen molar-refractivity contribution < 1.29 is 4.74 Å². The molecule has 2 aliphatic rings. The summed E-state index contributed by atoms with van der Waals surface area (Å²) in [6, 6.07) is 29.9. The van der Waals surface area contributed by atoms with E-state index in [0.717, 1.165) is 67.5 Å². The van der Waals surface area contributed by atoms with E-state index in [2.05, 4.69) is 40.3 Å². The molecule has 0 amide bonds. The van der Waals surface area contributed by atoms with Gasteiger partial charge in [0.25, 0.3) is 0 Å². The summed E-state index contributed by atoms with van der Waals surface area (Å²) in [6.07, 6.45) is 8.10. The van der Waals surface area contributed by atoms with Crippen LogP contribution in [0, 0.1) is 0 Å². The first-order chi connectivity index (χ1) is 18.6. The first-order valence-corrected chi connectivity index (χ1v) is 12.4. The SMILES string of the molecule is Nc1ccc(Oc2ccc(-c3cc4cc5nc(cc6ccc(cc7nc(cc3[nH]4)C=C7)[nH]6)C=C5)cc2)cc1. The minimum Gasteiger partial charge on any atom is -0.457 e.